The Labute approximate surface area is 147 Å². The van der Waals surface area contributed by atoms with Crippen LogP contribution in [0.25, 0.3) is 10.9 Å². The molecule has 1 aromatic carbocycles. The van der Waals surface area contributed by atoms with Crippen LogP contribution >= 0.6 is 0 Å². The van der Waals surface area contributed by atoms with E-state index in [-0.39, 0.29) is 17.7 Å². The summed E-state index contributed by atoms with van der Waals surface area (Å²) in [6.45, 7) is 5.81. The normalized spacial score (nSPS) is 17.5. The maximum absolute atomic E-state index is 12.4. The zero-order chi connectivity index (χ0) is 18.0. The van der Waals surface area contributed by atoms with Crippen molar-refractivity contribution in [1.29, 1.82) is 0 Å². The number of benzene rings is 1. The smallest absolute Gasteiger partial charge is 0.225 e. The van der Waals surface area contributed by atoms with Crippen LogP contribution < -0.4 is 10.1 Å². The van der Waals surface area contributed by atoms with Crippen molar-refractivity contribution >= 4 is 22.7 Å². The number of hydrogen-bond donors (Lipinski definition) is 2. The number of aromatic amines is 1. The fraction of sp³-hybridized carbons (Fsp3) is 0.474. The first-order chi connectivity index (χ1) is 12.0. The zero-order valence-corrected chi connectivity index (χ0v) is 15.0. The predicted octanol–water partition coefficient (Wildman–Crippen LogP) is 2.30. The van der Waals surface area contributed by atoms with Crippen molar-refractivity contribution in [3.05, 3.63) is 30.0 Å². The maximum atomic E-state index is 12.4. The van der Waals surface area contributed by atoms with Crippen molar-refractivity contribution < 1.29 is 14.3 Å². The molecule has 2 amide bonds. The second-order valence-corrected chi connectivity index (χ2v) is 7.06. The zero-order valence-electron chi connectivity index (χ0n) is 15.0. The third kappa shape index (κ3) is 3.95. The number of aromatic nitrogens is 1. The van der Waals surface area contributed by atoms with Crippen molar-refractivity contribution in [3.8, 4) is 5.75 Å². The van der Waals surface area contributed by atoms with Gasteiger partial charge in [-0.05, 0) is 30.2 Å². The molecule has 134 valence electrons. The van der Waals surface area contributed by atoms with Gasteiger partial charge in [0.1, 0.15) is 5.75 Å². The van der Waals surface area contributed by atoms with Crippen LogP contribution in [-0.2, 0) is 16.1 Å². The van der Waals surface area contributed by atoms with Crippen molar-refractivity contribution in [2.45, 2.75) is 26.8 Å². The number of likely N-dealkylation sites (tertiary alicyclic amines) is 1. The number of carbonyl (C=O) groups is 2. The van der Waals surface area contributed by atoms with Crippen molar-refractivity contribution in [2.24, 2.45) is 11.8 Å². The largest absolute Gasteiger partial charge is 0.497 e. The molecule has 25 heavy (non-hydrogen) atoms. The summed E-state index contributed by atoms with van der Waals surface area (Å²) in [7, 11) is 1.64. The summed E-state index contributed by atoms with van der Waals surface area (Å²) in [6.07, 6.45) is 0.308. The van der Waals surface area contributed by atoms with Crippen LogP contribution in [0.1, 0.15) is 26.0 Å². The Morgan fingerprint density at radius 2 is 2.20 bits per heavy atom. The van der Waals surface area contributed by atoms with Gasteiger partial charge in [0.15, 0.2) is 0 Å². The van der Waals surface area contributed by atoms with Crippen molar-refractivity contribution in [3.63, 3.8) is 0 Å². The van der Waals surface area contributed by atoms with Crippen molar-refractivity contribution in [2.75, 3.05) is 20.2 Å². The summed E-state index contributed by atoms with van der Waals surface area (Å²) >= 11 is 0. The van der Waals surface area contributed by atoms with Crippen LogP contribution in [0.15, 0.2) is 24.3 Å². The number of ether oxygens (including phenoxy) is 1. The van der Waals surface area contributed by atoms with Crippen LogP contribution in [0.3, 0.4) is 0 Å². The number of fused-ring (bicyclic) bond motifs is 1. The third-order valence-electron chi connectivity index (χ3n) is 4.51. The van der Waals surface area contributed by atoms with Gasteiger partial charge in [0, 0.05) is 36.1 Å². The molecule has 1 aliphatic rings. The van der Waals surface area contributed by atoms with E-state index >= 15 is 0 Å². The number of H-pyrrole nitrogens is 1. The molecule has 1 aromatic heterocycles. The number of hydrogen-bond acceptors (Lipinski definition) is 3. The molecule has 1 aliphatic heterocycles. The Balaban J connectivity index is 1.58. The van der Waals surface area contributed by atoms with E-state index in [4.69, 9.17) is 4.74 Å². The lowest BCUT2D eigenvalue weighted by molar-refractivity contribution is -0.129. The number of carbonyl (C=O) groups excluding carboxylic acids is 2. The summed E-state index contributed by atoms with van der Waals surface area (Å²) < 4.78 is 5.22. The maximum Gasteiger partial charge on any atom is 0.225 e. The molecule has 0 unspecified atom stereocenters. The number of rotatable bonds is 6. The Morgan fingerprint density at radius 1 is 1.40 bits per heavy atom. The highest BCUT2D eigenvalue weighted by Gasteiger charge is 2.34. The fourth-order valence-corrected chi connectivity index (χ4v) is 3.28. The second-order valence-electron chi connectivity index (χ2n) is 7.06. The van der Waals surface area contributed by atoms with Crippen LogP contribution in [0.5, 0.6) is 5.75 Å². The van der Waals surface area contributed by atoms with Gasteiger partial charge in [-0.15, -0.1) is 0 Å². The Kier molecular flexibility index (Phi) is 4.97. The van der Waals surface area contributed by atoms with E-state index < -0.39 is 0 Å². The van der Waals surface area contributed by atoms with Crippen LogP contribution in [-0.4, -0.2) is 41.9 Å². The first-order valence-electron chi connectivity index (χ1n) is 8.67. The molecular weight excluding hydrogens is 318 g/mol. The Bertz CT molecular complexity index is 781. The molecule has 1 saturated heterocycles. The summed E-state index contributed by atoms with van der Waals surface area (Å²) in [6, 6.07) is 7.81. The molecule has 2 N–H and O–H groups in total. The van der Waals surface area contributed by atoms with Gasteiger partial charge in [-0.3, -0.25) is 9.59 Å². The average molecular weight is 343 g/mol. The minimum Gasteiger partial charge on any atom is -0.497 e. The highest BCUT2D eigenvalue weighted by Crippen LogP contribution is 2.22. The summed E-state index contributed by atoms with van der Waals surface area (Å²) in [4.78, 5) is 29.5. The van der Waals surface area contributed by atoms with Gasteiger partial charge in [-0.1, -0.05) is 13.8 Å². The highest BCUT2D eigenvalue weighted by atomic mass is 16.5. The molecule has 2 aromatic rings. The topological polar surface area (TPSA) is 74.4 Å². The van der Waals surface area contributed by atoms with E-state index in [1.165, 1.54) is 0 Å². The lowest BCUT2D eigenvalue weighted by Crippen LogP contribution is -2.33. The van der Waals surface area contributed by atoms with Gasteiger partial charge < -0.3 is 19.9 Å². The predicted molar refractivity (Wildman–Crippen MR) is 96.2 cm³/mol. The number of methoxy groups -OCH3 is 1. The standard InChI is InChI=1S/C19H25N3O3/c1-12(2)10-22-11-14(8-18(22)23)19(24)20-9-15-6-13-7-16(25-3)4-5-17(13)21-15/h4-7,12,14,21H,8-11H2,1-3H3,(H,20,24)/t14-/m1/s1. The van der Waals surface area contributed by atoms with E-state index in [1.807, 2.05) is 24.3 Å². The number of nitrogens with zero attached hydrogens (tertiary/aromatic N) is 1. The van der Waals surface area contributed by atoms with Gasteiger partial charge in [-0.25, -0.2) is 0 Å². The van der Waals surface area contributed by atoms with E-state index in [1.54, 1.807) is 12.0 Å². The molecule has 2 heterocycles. The second kappa shape index (κ2) is 7.17. The van der Waals surface area contributed by atoms with E-state index in [0.29, 0.717) is 32.0 Å². The van der Waals surface area contributed by atoms with Gasteiger partial charge in [0.05, 0.1) is 19.6 Å². The minimum absolute atomic E-state index is 0.0594. The quantitative estimate of drug-likeness (QED) is 0.845. The molecular formula is C19H25N3O3. The average Bonchev–Trinajstić information content (AvgIpc) is 3.14. The van der Waals surface area contributed by atoms with Crippen LogP contribution in [0.2, 0.25) is 0 Å². The van der Waals surface area contributed by atoms with E-state index in [0.717, 1.165) is 22.3 Å². The molecule has 0 aliphatic carbocycles. The highest BCUT2D eigenvalue weighted by molar-refractivity contribution is 5.89. The molecule has 3 rings (SSSR count). The number of nitrogens with one attached hydrogen (secondary N) is 2. The Hall–Kier alpha value is -2.50. The van der Waals surface area contributed by atoms with Gasteiger partial charge in [0.2, 0.25) is 11.8 Å². The lowest BCUT2D eigenvalue weighted by atomic mass is 10.1. The van der Waals surface area contributed by atoms with Crippen LogP contribution in [0.4, 0.5) is 0 Å². The van der Waals surface area contributed by atoms with Gasteiger partial charge >= 0.3 is 0 Å². The SMILES string of the molecule is COc1ccc2[nH]c(CNC(=O)[C@@H]3CC(=O)N(CC(C)C)C3)cc2c1. The third-order valence-corrected chi connectivity index (χ3v) is 4.51. The molecule has 1 fully saturated rings. The van der Waals surface area contributed by atoms with E-state index in [2.05, 4.69) is 24.1 Å². The minimum atomic E-state index is -0.254. The Morgan fingerprint density at radius 3 is 2.92 bits per heavy atom. The molecule has 6 heteroatoms. The van der Waals surface area contributed by atoms with Gasteiger partial charge in [0.25, 0.3) is 0 Å². The molecule has 0 radical (unpaired) electrons. The molecule has 6 nitrogen and oxygen atoms in total. The first kappa shape index (κ1) is 17.3. The monoisotopic (exact) mass is 343 g/mol. The molecule has 0 bridgehead atoms. The summed E-state index contributed by atoms with van der Waals surface area (Å²) in [5.41, 5.74) is 1.93. The van der Waals surface area contributed by atoms with Crippen molar-refractivity contribution in [1.82, 2.24) is 15.2 Å². The van der Waals surface area contributed by atoms with Crippen LogP contribution in [0, 0.1) is 11.8 Å². The molecule has 0 spiro atoms. The first-order valence-corrected chi connectivity index (χ1v) is 8.67. The summed E-state index contributed by atoms with van der Waals surface area (Å²) in [5, 5.41) is 3.99. The lowest BCUT2D eigenvalue weighted by Gasteiger charge is -2.18. The fourth-order valence-electron chi connectivity index (χ4n) is 3.28. The molecule has 1 atom stereocenters. The number of amides is 2. The van der Waals surface area contributed by atoms with Gasteiger partial charge in [-0.2, -0.15) is 0 Å². The van der Waals surface area contributed by atoms with E-state index in [9.17, 15) is 9.59 Å². The molecule has 0 saturated carbocycles. The summed E-state index contributed by atoms with van der Waals surface area (Å²) in [5.74, 6) is 0.976.